The van der Waals surface area contributed by atoms with Crippen molar-refractivity contribution < 1.29 is 23.9 Å². The van der Waals surface area contributed by atoms with Crippen LogP contribution in [-0.4, -0.2) is 33.1 Å². The van der Waals surface area contributed by atoms with Gasteiger partial charge in [0.2, 0.25) is 17.5 Å². The fourth-order valence-electron chi connectivity index (χ4n) is 2.86. The molecule has 0 saturated heterocycles. The molecule has 1 aliphatic carbocycles. The third-order valence-corrected chi connectivity index (χ3v) is 3.83. The van der Waals surface area contributed by atoms with E-state index < -0.39 is 23.9 Å². The number of hydrogen-bond acceptors (Lipinski definition) is 6. The Hall–Kier alpha value is -2.97. The lowest BCUT2D eigenvalue weighted by molar-refractivity contribution is -0.118. The largest absolute Gasteiger partial charge is 0.438 e. The van der Waals surface area contributed by atoms with Gasteiger partial charge in [-0.05, 0) is 6.92 Å². The maximum atomic E-state index is 12.5. The third kappa shape index (κ3) is 2.20. The molecule has 9 nitrogen and oxygen atoms in total. The average molecular weight is 318 g/mol. The second kappa shape index (κ2) is 5.04. The molecule has 3 N–H and O–H groups in total. The van der Waals surface area contributed by atoms with Crippen LogP contribution in [0.15, 0.2) is 11.3 Å². The van der Waals surface area contributed by atoms with Crippen molar-refractivity contribution in [3.05, 3.63) is 28.5 Å². The van der Waals surface area contributed by atoms with Crippen molar-refractivity contribution in [2.45, 2.75) is 32.9 Å². The summed E-state index contributed by atoms with van der Waals surface area (Å²) < 4.78 is 6.52. The average Bonchev–Trinajstić information content (AvgIpc) is 3.01. The van der Waals surface area contributed by atoms with Crippen molar-refractivity contribution in [1.82, 2.24) is 14.9 Å². The van der Waals surface area contributed by atoms with E-state index in [1.54, 1.807) is 4.57 Å². The van der Waals surface area contributed by atoms with Crippen LogP contribution in [0.5, 0.6) is 0 Å². The van der Waals surface area contributed by atoms with Crippen LogP contribution in [0.1, 0.15) is 53.2 Å². The highest BCUT2D eigenvalue weighted by molar-refractivity contribution is 6.26. The molecule has 1 unspecified atom stereocenters. The number of carbonyl (C=O) groups excluding carboxylic acids is 4. The molecule has 0 spiro atoms. The molecule has 1 aromatic heterocycles. The molecule has 0 saturated carbocycles. The number of nitrogens with zero attached hydrogens (tertiary/aromatic N) is 2. The second-order valence-electron chi connectivity index (χ2n) is 5.37. The van der Waals surface area contributed by atoms with Gasteiger partial charge in [0.1, 0.15) is 11.4 Å². The Bertz CT molecular complexity index is 804. The predicted molar refractivity (Wildman–Crippen MR) is 75.4 cm³/mol. The normalized spacial score (nSPS) is 19.5. The number of nitrogens with one attached hydrogen (secondary N) is 1. The monoisotopic (exact) mass is 318 g/mol. The summed E-state index contributed by atoms with van der Waals surface area (Å²) >= 11 is 0. The number of rotatable bonds is 2. The fourth-order valence-corrected chi connectivity index (χ4v) is 2.86. The summed E-state index contributed by atoms with van der Waals surface area (Å²) in [6.45, 7) is 3.11. The van der Waals surface area contributed by atoms with E-state index in [-0.39, 0.29) is 28.4 Å². The Morgan fingerprint density at radius 1 is 1.35 bits per heavy atom. The highest BCUT2D eigenvalue weighted by Crippen LogP contribution is 2.34. The van der Waals surface area contributed by atoms with Gasteiger partial charge in [0.05, 0.1) is 5.70 Å². The van der Waals surface area contributed by atoms with Crippen molar-refractivity contribution in [2.24, 2.45) is 5.73 Å². The van der Waals surface area contributed by atoms with Gasteiger partial charge >= 0.3 is 6.09 Å². The Morgan fingerprint density at radius 2 is 2.04 bits per heavy atom. The van der Waals surface area contributed by atoms with E-state index in [1.165, 1.54) is 13.8 Å². The highest BCUT2D eigenvalue weighted by atomic mass is 16.6. The molecule has 120 valence electrons. The van der Waals surface area contributed by atoms with E-state index in [2.05, 4.69) is 10.3 Å². The highest BCUT2D eigenvalue weighted by Gasteiger charge is 2.40. The number of amides is 2. The van der Waals surface area contributed by atoms with Crippen LogP contribution in [0.25, 0.3) is 0 Å². The molecule has 23 heavy (non-hydrogen) atoms. The standard InChI is InChI=1S/C14H14N4O5/c1-5-8(16-6(2)19)12(21)9-10(11(5)20)18-4-3-7(13(18)17-9)23-14(15)22/h7H,3-4H2,1-2H3,(H2,15,22)(H,16,19). The van der Waals surface area contributed by atoms with Gasteiger partial charge in [-0.1, -0.05) is 0 Å². The second-order valence-corrected chi connectivity index (χ2v) is 5.37. The molecule has 2 heterocycles. The molecule has 1 atom stereocenters. The Balaban J connectivity index is 2.07. The van der Waals surface area contributed by atoms with Crippen LogP contribution in [-0.2, 0) is 16.1 Å². The first kappa shape index (κ1) is 14.9. The molecular weight excluding hydrogens is 304 g/mol. The number of ether oxygens (including phenoxy) is 1. The number of fused-ring (bicyclic) bond motifs is 3. The summed E-state index contributed by atoms with van der Waals surface area (Å²) in [6.07, 6.45) is -1.21. The van der Waals surface area contributed by atoms with Crippen LogP contribution in [0, 0.1) is 0 Å². The minimum atomic E-state index is -0.949. The lowest BCUT2D eigenvalue weighted by Gasteiger charge is -2.16. The smallest absolute Gasteiger partial charge is 0.405 e. The minimum absolute atomic E-state index is 0.0443. The van der Waals surface area contributed by atoms with Crippen LogP contribution in [0.2, 0.25) is 0 Å². The summed E-state index contributed by atoms with van der Waals surface area (Å²) in [5.74, 6) is -1.06. The number of aromatic nitrogens is 2. The van der Waals surface area contributed by atoms with E-state index in [0.717, 1.165) is 0 Å². The van der Waals surface area contributed by atoms with Crippen LogP contribution >= 0.6 is 0 Å². The van der Waals surface area contributed by atoms with E-state index in [0.29, 0.717) is 18.8 Å². The molecule has 2 aliphatic rings. The Kier molecular flexibility index (Phi) is 3.28. The molecule has 0 aromatic carbocycles. The lowest BCUT2D eigenvalue weighted by atomic mass is 9.95. The number of allylic oxidation sites excluding steroid dienone is 2. The first-order chi connectivity index (χ1) is 10.8. The maximum absolute atomic E-state index is 12.5. The van der Waals surface area contributed by atoms with E-state index in [1.807, 2.05) is 0 Å². The number of hydrogen-bond donors (Lipinski definition) is 2. The zero-order valence-corrected chi connectivity index (χ0v) is 12.5. The molecule has 1 aromatic rings. The van der Waals surface area contributed by atoms with Gasteiger partial charge in [-0.2, -0.15) is 0 Å². The summed E-state index contributed by atoms with van der Waals surface area (Å²) in [5, 5.41) is 2.38. The van der Waals surface area contributed by atoms with Gasteiger partial charge in [0, 0.05) is 25.5 Å². The zero-order valence-electron chi connectivity index (χ0n) is 12.5. The van der Waals surface area contributed by atoms with Crippen LogP contribution in [0.4, 0.5) is 4.79 Å². The Labute approximate surface area is 130 Å². The third-order valence-electron chi connectivity index (χ3n) is 3.83. The van der Waals surface area contributed by atoms with Gasteiger partial charge in [-0.25, -0.2) is 9.78 Å². The van der Waals surface area contributed by atoms with Gasteiger partial charge < -0.3 is 20.4 Å². The van der Waals surface area contributed by atoms with E-state index in [9.17, 15) is 19.2 Å². The van der Waals surface area contributed by atoms with E-state index in [4.69, 9.17) is 10.5 Å². The molecule has 3 rings (SSSR count). The number of Topliss-reactive ketones (excluding diaryl/α,β-unsaturated/α-hetero) is 2. The van der Waals surface area contributed by atoms with Gasteiger partial charge in [-0.15, -0.1) is 0 Å². The molecule has 1 aliphatic heterocycles. The predicted octanol–water partition coefficient (Wildman–Crippen LogP) is 0.212. The quantitative estimate of drug-likeness (QED) is 0.800. The molecule has 0 bridgehead atoms. The summed E-state index contributed by atoms with van der Waals surface area (Å²) in [6, 6.07) is 0. The minimum Gasteiger partial charge on any atom is -0.438 e. The molecular formula is C14H14N4O5. The summed E-state index contributed by atoms with van der Waals surface area (Å²) in [4.78, 5) is 51.4. The SMILES string of the molecule is CC(=O)NC1=C(C)C(=O)c2c(nc3n2CCC3OC(N)=O)C1=O. The number of ketones is 2. The van der Waals surface area contributed by atoms with Crippen LogP contribution in [0.3, 0.4) is 0 Å². The van der Waals surface area contributed by atoms with E-state index >= 15 is 0 Å². The Morgan fingerprint density at radius 3 is 2.65 bits per heavy atom. The van der Waals surface area contributed by atoms with Crippen molar-refractivity contribution in [3.63, 3.8) is 0 Å². The van der Waals surface area contributed by atoms with Crippen molar-refractivity contribution in [3.8, 4) is 0 Å². The topological polar surface area (TPSA) is 133 Å². The first-order valence-electron chi connectivity index (χ1n) is 6.95. The molecule has 2 amide bonds. The number of imidazole rings is 1. The van der Waals surface area contributed by atoms with Crippen molar-refractivity contribution in [1.29, 1.82) is 0 Å². The number of nitrogens with two attached hydrogens (primary N) is 1. The number of carbonyl (C=O) groups is 4. The van der Waals surface area contributed by atoms with Crippen molar-refractivity contribution in [2.75, 3.05) is 0 Å². The van der Waals surface area contributed by atoms with Crippen LogP contribution < -0.4 is 11.1 Å². The maximum Gasteiger partial charge on any atom is 0.405 e. The summed E-state index contributed by atoms with van der Waals surface area (Å²) in [7, 11) is 0. The van der Waals surface area contributed by atoms with Gasteiger partial charge in [-0.3, -0.25) is 14.4 Å². The first-order valence-corrected chi connectivity index (χ1v) is 6.95. The van der Waals surface area contributed by atoms with Gasteiger partial charge in [0.25, 0.3) is 0 Å². The molecule has 0 radical (unpaired) electrons. The molecule has 9 heteroatoms. The zero-order chi connectivity index (χ0) is 16.9. The van der Waals surface area contributed by atoms with Crippen molar-refractivity contribution >= 4 is 23.6 Å². The number of primary amides is 1. The molecule has 0 fully saturated rings. The lowest BCUT2D eigenvalue weighted by Crippen LogP contribution is -2.33. The fraction of sp³-hybridized carbons (Fsp3) is 0.357. The summed E-state index contributed by atoms with van der Waals surface area (Å²) in [5.41, 5.74) is 5.21. The van der Waals surface area contributed by atoms with Gasteiger partial charge in [0.15, 0.2) is 11.9 Å².